The highest BCUT2D eigenvalue weighted by Crippen LogP contribution is 2.41. The van der Waals surface area contributed by atoms with Crippen molar-refractivity contribution in [3.05, 3.63) is 93.0 Å². The first-order valence-electron chi connectivity index (χ1n) is 11.3. The second kappa shape index (κ2) is 10.6. The van der Waals surface area contributed by atoms with Gasteiger partial charge in [0.25, 0.3) is 17.4 Å². The highest BCUT2D eigenvalue weighted by Gasteiger charge is 2.46. The van der Waals surface area contributed by atoms with Crippen molar-refractivity contribution in [1.29, 1.82) is 0 Å². The van der Waals surface area contributed by atoms with Crippen LogP contribution < -0.4 is 9.30 Å². The van der Waals surface area contributed by atoms with Gasteiger partial charge in [-0.1, -0.05) is 23.7 Å². The predicted octanol–water partition coefficient (Wildman–Crippen LogP) is 3.77. The zero-order valence-corrected chi connectivity index (χ0v) is 20.1. The van der Waals surface area contributed by atoms with Crippen molar-refractivity contribution in [2.75, 3.05) is 13.2 Å². The molecule has 0 aliphatic carbocycles. The number of ketones is 1. The summed E-state index contributed by atoms with van der Waals surface area (Å²) in [6.07, 6.45) is 5.87. The summed E-state index contributed by atoms with van der Waals surface area (Å²) in [5.41, 5.74) is 0.219. The summed E-state index contributed by atoms with van der Waals surface area (Å²) >= 11 is 6.28. The molecule has 186 valence electrons. The van der Waals surface area contributed by atoms with E-state index in [9.17, 15) is 24.8 Å². The van der Waals surface area contributed by atoms with Gasteiger partial charge in [-0.2, -0.15) is 0 Å². The van der Waals surface area contributed by atoms with Gasteiger partial charge in [-0.3, -0.25) is 24.7 Å². The van der Waals surface area contributed by atoms with Crippen LogP contribution in [0.2, 0.25) is 5.02 Å². The monoisotopic (exact) mass is 511 g/mol. The average molecular weight is 512 g/mol. The smallest absolute Gasteiger partial charge is 0.295 e. The Morgan fingerprint density at radius 3 is 2.75 bits per heavy atom. The Morgan fingerprint density at radius 2 is 2.08 bits per heavy atom. The van der Waals surface area contributed by atoms with E-state index in [0.29, 0.717) is 30.9 Å². The Morgan fingerprint density at radius 1 is 1.28 bits per heavy atom. The van der Waals surface area contributed by atoms with Gasteiger partial charge in [-0.15, -0.1) is 0 Å². The third-order valence-corrected chi connectivity index (χ3v) is 6.16. The lowest BCUT2D eigenvalue weighted by Gasteiger charge is -2.25. The number of nitro benzene ring substituents is 1. The molecule has 1 unspecified atom stereocenters. The summed E-state index contributed by atoms with van der Waals surface area (Å²) in [6.45, 7) is 2.96. The van der Waals surface area contributed by atoms with Gasteiger partial charge in [0.05, 0.1) is 34.7 Å². The van der Waals surface area contributed by atoms with Crippen molar-refractivity contribution in [3.63, 3.8) is 0 Å². The molecule has 0 spiro atoms. The molecular weight excluding hydrogens is 488 g/mol. The molecule has 1 amide bonds. The molecule has 2 N–H and O–H groups in total. The molecule has 1 fully saturated rings. The number of ether oxygens (including phenoxy) is 1. The third-order valence-electron chi connectivity index (χ3n) is 5.86. The Hall–Kier alpha value is -4.18. The molecule has 1 aromatic heterocycles. The van der Waals surface area contributed by atoms with Gasteiger partial charge in [0.1, 0.15) is 23.9 Å². The van der Waals surface area contributed by atoms with Gasteiger partial charge in [-0.05, 0) is 30.7 Å². The highest BCUT2D eigenvalue weighted by atomic mass is 35.5. The fourth-order valence-electron chi connectivity index (χ4n) is 4.23. The first-order chi connectivity index (χ1) is 17.3. The number of nitro groups is 1. The molecule has 0 bridgehead atoms. The Balaban J connectivity index is 1.77. The summed E-state index contributed by atoms with van der Waals surface area (Å²) in [7, 11) is 0. The molecule has 4 rings (SSSR count). The van der Waals surface area contributed by atoms with Gasteiger partial charge in [0.15, 0.2) is 0 Å². The van der Waals surface area contributed by atoms with Crippen molar-refractivity contribution in [2.24, 2.45) is 0 Å². The molecule has 1 atom stereocenters. The van der Waals surface area contributed by atoms with Crippen LogP contribution in [-0.4, -0.2) is 44.8 Å². The van der Waals surface area contributed by atoms with Crippen LogP contribution in [0, 0.1) is 10.1 Å². The Labute approximate surface area is 211 Å². The minimum absolute atomic E-state index is 0.157. The van der Waals surface area contributed by atoms with E-state index < -0.39 is 28.4 Å². The summed E-state index contributed by atoms with van der Waals surface area (Å²) in [4.78, 5) is 41.4. The number of aromatic amines is 1. The summed E-state index contributed by atoms with van der Waals surface area (Å²) in [6, 6.07) is 9.24. The molecular formula is C25H24ClN4O6+. The van der Waals surface area contributed by atoms with Crippen LogP contribution in [0.3, 0.4) is 0 Å². The maximum absolute atomic E-state index is 13.2. The van der Waals surface area contributed by atoms with E-state index in [1.807, 2.05) is 10.8 Å². The van der Waals surface area contributed by atoms with E-state index in [1.165, 1.54) is 35.2 Å². The number of carbonyl (C=O) groups excluding carboxylic acids is 2. The van der Waals surface area contributed by atoms with E-state index in [4.69, 9.17) is 16.3 Å². The molecule has 0 saturated carbocycles. The van der Waals surface area contributed by atoms with Gasteiger partial charge in [-0.25, -0.2) is 4.57 Å². The number of aliphatic hydroxyl groups excluding tert-OH is 1. The average Bonchev–Trinajstić information content (AvgIpc) is 3.47. The number of amides is 1. The Kier molecular flexibility index (Phi) is 7.35. The van der Waals surface area contributed by atoms with Crippen LogP contribution in [0.15, 0.2) is 66.8 Å². The maximum atomic E-state index is 13.2. The maximum Gasteiger partial charge on any atom is 0.295 e. The van der Waals surface area contributed by atoms with Gasteiger partial charge < -0.3 is 14.7 Å². The van der Waals surface area contributed by atoms with Crippen LogP contribution in [0.1, 0.15) is 30.5 Å². The van der Waals surface area contributed by atoms with E-state index in [2.05, 4.69) is 4.98 Å². The molecule has 36 heavy (non-hydrogen) atoms. The number of halogens is 1. The van der Waals surface area contributed by atoms with Crippen LogP contribution in [0.25, 0.3) is 5.76 Å². The fourth-order valence-corrected chi connectivity index (χ4v) is 4.46. The van der Waals surface area contributed by atoms with Crippen molar-refractivity contribution in [1.82, 2.24) is 9.88 Å². The van der Waals surface area contributed by atoms with E-state index in [1.54, 1.807) is 31.6 Å². The number of aliphatic hydroxyl groups is 1. The Bertz CT molecular complexity index is 1340. The van der Waals surface area contributed by atoms with Crippen molar-refractivity contribution in [2.45, 2.75) is 25.9 Å². The van der Waals surface area contributed by atoms with Gasteiger partial charge in [0, 0.05) is 30.7 Å². The van der Waals surface area contributed by atoms with Crippen LogP contribution in [-0.2, 0) is 16.1 Å². The number of H-pyrrole nitrogens is 1. The van der Waals surface area contributed by atoms with E-state index in [-0.39, 0.29) is 28.4 Å². The summed E-state index contributed by atoms with van der Waals surface area (Å²) in [5.74, 6) is -1.67. The van der Waals surface area contributed by atoms with Gasteiger partial charge in [0.2, 0.25) is 6.33 Å². The zero-order chi connectivity index (χ0) is 25.8. The predicted molar refractivity (Wildman–Crippen MR) is 130 cm³/mol. The highest BCUT2D eigenvalue weighted by molar-refractivity contribution is 6.46. The normalized spacial score (nSPS) is 16.9. The van der Waals surface area contributed by atoms with E-state index in [0.717, 1.165) is 0 Å². The van der Waals surface area contributed by atoms with E-state index >= 15 is 0 Å². The topological polar surface area (TPSA) is 130 Å². The number of Topliss-reactive ketones (excluding diaryl/α,β-unsaturated/α-hetero) is 1. The lowest BCUT2D eigenvalue weighted by Crippen LogP contribution is -2.36. The van der Waals surface area contributed by atoms with Crippen molar-refractivity contribution in [3.8, 4) is 5.75 Å². The molecule has 3 aromatic rings. The van der Waals surface area contributed by atoms with Gasteiger partial charge >= 0.3 is 0 Å². The molecule has 11 heteroatoms. The number of non-ortho nitro benzene ring substituents is 1. The molecule has 2 aromatic carbocycles. The first kappa shape index (κ1) is 24.9. The van der Waals surface area contributed by atoms with Crippen molar-refractivity contribution >= 4 is 34.7 Å². The number of rotatable bonds is 9. The summed E-state index contributed by atoms with van der Waals surface area (Å²) < 4.78 is 7.32. The second-order valence-electron chi connectivity index (χ2n) is 8.13. The lowest BCUT2D eigenvalue weighted by molar-refractivity contribution is -0.695. The van der Waals surface area contributed by atoms with Crippen LogP contribution in [0.5, 0.6) is 5.75 Å². The number of benzene rings is 2. The standard InChI is InChI=1S/C25H23ClN4O6/c1-2-36-20-8-7-17(14-19(20)26)23(31)21-22(16-5-3-6-18(13-16)30(34)35)29(25(33)24(21)32)11-4-10-28-12-9-27-15-28/h3,5-9,12-15,22H,2,4,10-11H2,1H3,(H,31,32)/p+1. The first-order valence-corrected chi connectivity index (χ1v) is 11.7. The number of nitrogens with one attached hydrogen (secondary N) is 1. The number of aromatic nitrogens is 2. The largest absolute Gasteiger partial charge is 0.507 e. The van der Waals surface area contributed by atoms with Crippen LogP contribution in [0.4, 0.5) is 5.69 Å². The zero-order valence-electron chi connectivity index (χ0n) is 19.4. The third kappa shape index (κ3) is 4.94. The van der Waals surface area contributed by atoms with Crippen molar-refractivity contribution < 1.29 is 28.9 Å². The lowest BCUT2D eigenvalue weighted by atomic mass is 9.95. The minimum Gasteiger partial charge on any atom is -0.507 e. The molecule has 10 nitrogen and oxygen atoms in total. The number of nitrogens with zero attached hydrogens (tertiary/aromatic N) is 3. The fraction of sp³-hybridized carbons (Fsp3) is 0.240. The molecule has 1 aliphatic heterocycles. The molecule has 1 saturated heterocycles. The minimum atomic E-state index is -1.01. The number of hydrogen-bond acceptors (Lipinski definition) is 6. The number of carbonyl (C=O) groups is 2. The molecule has 0 radical (unpaired) electrons. The summed E-state index contributed by atoms with van der Waals surface area (Å²) in [5, 5.41) is 22.8. The van der Waals surface area contributed by atoms with Crippen LogP contribution >= 0.6 is 11.6 Å². The SMILES string of the molecule is CCOc1ccc(C(O)=C2C(=O)C(=O)N(CCC[n+]3cc[nH]c3)C2c2cccc([N+](=O)[O-])c2)cc1Cl. The second-order valence-corrected chi connectivity index (χ2v) is 8.53. The molecule has 2 heterocycles. The number of hydrogen-bond donors (Lipinski definition) is 2. The number of imidazole rings is 1. The number of aryl methyl sites for hydroxylation is 1. The quantitative estimate of drug-likeness (QED) is 0.112. The molecule has 1 aliphatic rings. The number of likely N-dealkylation sites (tertiary alicyclic amines) is 1.